The third-order valence-corrected chi connectivity index (χ3v) is 3.43. The number of aryl methyl sites for hydroxylation is 1. The van der Waals surface area contributed by atoms with E-state index in [-0.39, 0.29) is 12.5 Å². The monoisotopic (exact) mass is 282 g/mol. The Bertz CT molecular complexity index is 482. The quantitative estimate of drug-likeness (QED) is 0.810. The lowest BCUT2D eigenvalue weighted by Gasteiger charge is -2.21. The number of carbonyl (C=O) groups is 2. The van der Waals surface area contributed by atoms with E-state index in [0.29, 0.717) is 6.54 Å². The number of nitrogens with zero attached hydrogens (tertiary/aromatic N) is 2. The van der Waals surface area contributed by atoms with Gasteiger partial charge in [-0.05, 0) is 19.9 Å². The number of amides is 1. The van der Waals surface area contributed by atoms with E-state index in [0.717, 1.165) is 10.7 Å². The van der Waals surface area contributed by atoms with Crippen LogP contribution in [0.2, 0.25) is 0 Å². The first-order valence-electron chi connectivity index (χ1n) is 6.06. The van der Waals surface area contributed by atoms with E-state index >= 15 is 0 Å². The van der Waals surface area contributed by atoms with Crippen molar-refractivity contribution in [1.82, 2.24) is 9.88 Å². The normalized spacial score (nSPS) is 12.6. The van der Waals surface area contributed by atoms with E-state index in [4.69, 9.17) is 5.11 Å². The summed E-state index contributed by atoms with van der Waals surface area (Å²) in [6.07, 6.45) is 3.09. The molecule has 1 heterocycles. The van der Waals surface area contributed by atoms with Crippen molar-refractivity contribution in [3.05, 3.63) is 22.2 Å². The maximum atomic E-state index is 11.9. The standard InChI is InChI=1S/C13H18N2O3S/c1-4-15(7-9(2)13(17)18)12(16)6-5-11-8-19-10(3)14-11/h5-6,8-9H,4,7H2,1-3H3,(H,17,18). The molecule has 1 N–H and O–H groups in total. The van der Waals surface area contributed by atoms with E-state index in [1.165, 1.54) is 22.3 Å². The van der Waals surface area contributed by atoms with Gasteiger partial charge in [-0.25, -0.2) is 4.98 Å². The largest absolute Gasteiger partial charge is 0.481 e. The maximum Gasteiger partial charge on any atom is 0.308 e. The second-order valence-electron chi connectivity index (χ2n) is 4.24. The molecule has 0 saturated heterocycles. The molecule has 104 valence electrons. The van der Waals surface area contributed by atoms with Gasteiger partial charge in [-0.2, -0.15) is 0 Å². The van der Waals surface area contributed by atoms with Crippen LogP contribution in [0, 0.1) is 12.8 Å². The highest BCUT2D eigenvalue weighted by atomic mass is 32.1. The summed E-state index contributed by atoms with van der Waals surface area (Å²) in [6, 6.07) is 0. The number of rotatable bonds is 6. The summed E-state index contributed by atoms with van der Waals surface area (Å²) in [5.41, 5.74) is 0.748. The molecular weight excluding hydrogens is 264 g/mol. The van der Waals surface area contributed by atoms with Crippen LogP contribution in [0.25, 0.3) is 6.08 Å². The molecule has 0 aliphatic rings. The number of hydrogen-bond acceptors (Lipinski definition) is 4. The summed E-state index contributed by atoms with van der Waals surface area (Å²) in [5, 5.41) is 11.7. The van der Waals surface area contributed by atoms with Gasteiger partial charge >= 0.3 is 5.97 Å². The highest BCUT2D eigenvalue weighted by Gasteiger charge is 2.17. The number of hydrogen-bond donors (Lipinski definition) is 1. The predicted octanol–water partition coefficient (Wildman–Crippen LogP) is 2.03. The lowest BCUT2D eigenvalue weighted by atomic mass is 10.1. The molecule has 0 aliphatic carbocycles. The van der Waals surface area contributed by atoms with Gasteiger partial charge in [0.25, 0.3) is 0 Å². The van der Waals surface area contributed by atoms with Crippen molar-refractivity contribution < 1.29 is 14.7 Å². The number of aliphatic carboxylic acids is 1. The summed E-state index contributed by atoms with van der Waals surface area (Å²) in [6.45, 7) is 6.01. The van der Waals surface area contributed by atoms with Crippen molar-refractivity contribution in [2.75, 3.05) is 13.1 Å². The van der Waals surface area contributed by atoms with Gasteiger partial charge in [-0.15, -0.1) is 11.3 Å². The molecule has 1 aromatic heterocycles. The van der Waals surface area contributed by atoms with Gasteiger partial charge in [0.1, 0.15) is 0 Å². The molecule has 19 heavy (non-hydrogen) atoms. The van der Waals surface area contributed by atoms with Crippen molar-refractivity contribution >= 4 is 29.3 Å². The van der Waals surface area contributed by atoms with Gasteiger partial charge in [0.05, 0.1) is 16.6 Å². The fourth-order valence-electron chi connectivity index (χ4n) is 1.50. The van der Waals surface area contributed by atoms with Gasteiger partial charge in [-0.3, -0.25) is 9.59 Å². The van der Waals surface area contributed by atoms with Crippen molar-refractivity contribution in [1.29, 1.82) is 0 Å². The molecule has 0 saturated carbocycles. The first-order valence-corrected chi connectivity index (χ1v) is 6.94. The van der Waals surface area contributed by atoms with Crippen molar-refractivity contribution in [3.63, 3.8) is 0 Å². The number of carboxylic acids is 1. The molecule has 6 heteroatoms. The van der Waals surface area contributed by atoms with Gasteiger partial charge < -0.3 is 10.0 Å². The molecular formula is C13H18N2O3S. The number of aromatic nitrogens is 1. The zero-order valence-corrected chi connectivity index (χ0v) is 12.1. The first-order chi connectivity index (χ1) is 8.93. The smallest absolute Gasteiger partial charge is 0.308 e. The molecule has 0 bridgehead atoms. The molecule has 0 fully saturated rings. The van der Waals surface area contributed by atoms with Gasteiger partial charge in [-0.1, -0.05) is 6.92 Å². The third-order valence-electron chi connectivity index (χ3n) is 2.64. The average Bonchev–Trinajstić information content (AvgIpc) is 2.78. The average molecular weight is 282 g/mol. The Hall–Kier alpha value is -1.69. The highest BCUT2D eigenvalue weighted by molar-refractivity contribution is 7.09. The minimum atomic E-state index is -0.898. The van der Waals surface area contributed by atoms with Crippen LogP contribution in [0.5, 0.6) is 0 Å². The van der Waals surface area contributed by atoms with Gasteiger partial charge in [0.15, 0.2) is 0 Å². The molecule has 0 radical (unpaired) electrons. The minimum absolute atomic E-state index is 0.193. The molecule has 0 aliphatic heterocycles. The van der Waals surface area contributed by atoms with E-state index in [1.807, 2.05) is 19.2 Å². The number of carbonyl (C=O) groups excluding carboxylic acids is 1. The Kier molecular flexibility index (Phi) is 5.69. The van der Waals surface area contributed by atoms with E-state index in [2.05, 4.69) is 4.98 Å². The maximum absolute atomic E-state index is 11.9. The molecule has 1 unspecified atom stereocenters. The lowest BCUT2D eigenvalue weighted by molar-refractivity contribution is -0.142. The van der Waals surface area contributed by atoms with E-state index < -0.39 is 11.9 Å². The summed E-state index contributed by atoms with van der Waals surface area (Å²) < 4.78 is 0. The molecule has 5 nitrogen and oxygen atoms in total. The van der Waals surface area contributed by atoms with Crippen LogP contribution in [-0.4, -0.2) is 40.0 Å². The van der Waals surface area contributed by atoms with Crippen LogP contribution >= 0.6 is 11.3 Å². The van der Waals surface area contributed by atoms with E-state index in [9.17, 15) is 9.59 Å². The highest BCUT2D eigenvalue weighted by Crippen LogP contribution is 2.10. The topological polar surface area (TPSA) is 70.5 Å². The van der Waals surface area contributed by atoms with Gasteiger partial charge in [0, 0.05) is 24.5 Å². The number of likely N-dealkylation sites (N-methyl/N-ethyl adjacent to an activating group) is 1. The Labute approximate surface area is 116 Å². The minimum Gasteiger partial charge on any atom is -0.481 e. The fourth-order valence-corrected chi connectivity index (χ4v) is 2.08. The van der Waals surface area contributed by atoms with Crippen LogP contribution in [0.1, 0.15) is 24.5 Å². The summed E-state index contributed by atoms with van der Waals surface area (Å²) in [4.78, 5) is 28.5. The summed E-state index contributed by atoms with van der Waals surface area (Å²) >= 11 is 1.52. The third kappa shape index (κ3) is 4.82. The Morgan fingerprint density at radius 2 is 2.26 bits per heavy atom. The Morgan fingerprint density at radius 3 is 2.74 bits per heavy atom. The second-order valence-corrected chi connectivity index (χ2v) is 5.30. The zero-order chi connectivity index (χ0) is 14.4. The van der Waals surface area contributed by atoms with Crippen molar-refractivity contribution in [2.24, 2.45) is 5.92 Å². The van der Waals surface area contributed by atoms with Crippen LogP contribution in [0.3, 0.4) is 0 Å². The lowest BCUT2D eigenvalue weighted by Crippen LogP contribution is -2.35. The van der Waals surface area contributed by atoms with Crippen LogP contribution in [0.4, 0.5) is 0 Å². The first kappa shape index (κ1) is 15.4. The Balaban J connectivity index is 2.63. The molecule has 0 aromatic carbocycles. The SMILES string of the molecule is CCN(CC(C)C(=O)O)C(=O)C=Cc1csc(C)n1. The number of carboxylic acid groups (broad SMARTS) is 1. The van der Waals surface area contributed by atoms with Crippen molar-refractivity contribution in [2.45, 2.75) is 20.8 Å². The van der Waals surface area contributed by atoms with Crippen LogP contribution in [-0.2, 0) is 9.59 Å². The molecule has 1 rings (SSSR count). The Morgan fingerprint density at radius 1 is 1.58 bits per heavy atom. The van der Waals surface area contributed by atoms with Crippen LogP contribution < -0.4 is 0 Å². The van der Waals surface area contributed by atoms with E-state index in [1.54, 1.807) is 13.0 Å². The van der Waals surface area contributed by atoms with Crippen molar-refractivity contribution in [3.8, 4) is 0 Å². The molecule has 1 aromatic rings. The summed E-state index contributed by atoms with van der Waals surface area (Å²) in [7, 11) is 0. The zero-order valence-electron chi connectivity index (χ0n) is 11.3. The molecule has 1 amide bonds. The predicted molar refractivity (Wildman–Crippen MR) is 74.9 cm³/mol. The molecule has 0 spiro atoms. The molecule has 1 atom stereocenters. The fraction of sp³-hybridized carbons (Fsp3) is 0.462. The second kappa shape index (κ2) is 7.04. The summed E-state index contributed by atoms with van der Waals surface area (Å²) in [5.74, 6) is -1.66. The van der Waals surface area contributed by atoms with Gasteiger partial charge in [0.2, 0.25) is 5.91 Å². The number of thiazole rings is 1. The van der Waals surface area contributed by atoms with Crippen LogP contribution in [0.15, 0.2) is 11.5 Å².